The van der Waals surface area contributed by atoms with Gasteiger partial charge in [-0.1, -0.05) is 40.9 Å². The molecular weight excluding hydrogens is 703 g/mol. The van der Waals surface area contributed by atoms with Crippen LogP contribution in [0.25, 0.3) is 6.08 Å². The van der Waals surface area contributed by atoms with Crippen LogP contribution in [0, 0.1) is 0 Å². The molecule has 1 aliphatic rings. The Bertz CT molecular complexity index is 1440. The first-order valence-corrected chi connectivity index (χ1v) is 14.0. The lowest BCUT2D eigenvalue weighted by atomic mass is 10.1. The van der Waals surface area contributed by atoms with E-state index < -0.39 is 11.9 Å². The molecule has 38 heavy (non-hydrogen) atoms. The highest BCUT2D eigenvalue weighted by molar-refractivity contribution is 9.11. The molecule has 1 aliphatic heterocycles. The fraction of sp³-hybridized carbons (Fsp3) is 0.115. The first-order chi connectivity index (χ1) is 18.1. The maximum atomic E-state index is 13.5. The molecule has 1 fully saturated rings. The van der Waals surface area contributed by atoms with Crippen LogP contribution >= 0.6 is 78.9 Å². The molecule has 1 heterocycles. The van der Waals surface area contributed by atoms with Crippen LogP contribution in [-0.4, -0.2) is 35.5 Å². The lowest BCUT2D eigenvalue weighted by Gasteiger charge is -2.19. The number of carbonyl (C=O) groups is 2. The van der Waals surface area contributed by atoms with E-state index >= 15 is 0 Å². The lowest BCUT2D eigenvalue weighted by Crippen LogP contribution is -2.35. The molecule has 0 N–H and O–H groups in total. The summed E-state index contributed by atoms with van der Waals surface area (Å²) in [4.78, 5) is 28.4. The number of hydrogen-bond donors (Lipinski definition) is 0. The van der Waals surface area contributed by atoms with Gasteiger partial charge in [-0.3, -0.25) is 14.5 Å². The van der Waals surface area contributed by atoms with Crippen LogP contribution in [0.3, 0.4) is 0 Å². The predicted octanol–water partition coefficient (Wildman–Crippen LogP) is 7.90. The standard InChI is InChI=1S/C26H17Br2Cl3N2O4S/c1-36-23(34)12-32-22(25(35)33(26(32)38)17-5-3-16(29)4-6-17)11-15-8-18(27)24(19(28)9-15)37-13-14-2-7-20(30)21(31)10-14/h2-11H,12-13H2,1H3/b22-11-. The summed E-state index contributed by atoms with van der Waals surface area (Å²) in [5.74, 6) is -0.383. The van der Waals surface area contributed by atoms with Crippen LogP contribution in [0.2, 0.25) is 15.1 Å². The third-order valence-electron chi connectivity index (χ3n) is 5.43. The van der Waals surface area contributed by atoms with Crippen molar-refractivity contribution in [1.29, 1.82) is 0 Å². The quantitative estimate of drug-likeness (QED) is 0.141. The topological polar surface area (TPSA) is 59.1 Å². The molecule has 0 unspecified atom stereocenters. The minimum absolute atomic E-state index is 0.147. The van der Waals surface area contributed by atoms with Gasteiger partial charge in [-0.15, -0.1) is 0 Å². The molecule has 1 saturated heterocycles. The molecule has 0 aliphatic carbocycles. The van der Waals surface area contributed by atoms with E-state index in [9.17, 15) is 9.59 Å². The van der Waals surface area contributed by atoms with Gasteiger partial charge in [0, 0.05) is 5.02 Å². The second-order valence-electron chi connectivity index (χ2n) is 7.94. The van der Waals surface area contributed by atoms with E-state index in [1.807, 2.05) is 6.07 Å². The number of esters is 1. The van der Waals surface area contributed by atoms with Gasteiger partial charge in [0.2, 0.25) is 0 Å². The smallest absolute Gasteiger partial charge is 0.325 e. The molecule has 0 radical (unpaired) electrons. The SMILES string of the molecule is COC(=O)CN1C(=S)N(c2ccc(Cl)cc2)C(=O)/C1=C/c1cc(Br)c(OCc2ccc(Cl)c(Cl)c2)c(Br)c1. The number of carbonyl (C=O) groups excluding carboxylic acids is 2. The summed E-state index contributed by atoms with van der Waals surface area (Å²) in [7, 11) is 1.27. The van der Waals surface area contributed by atoms with Crippen molar-refractivity contribution in [2.24, 2.45) is 0 Å². The van der Waals surface area contributed by atoms with E-state index in [1.165, 1.54) is 16.9 Å². The number of methoxy groups -OCH3 is 1. The van der Waals surface area contributed by atoms with Crippen molar-refractivity contribution in [3.05, 3.63) is 95.4 Å². The number of hydrogen-bond acceptors (Lipinski definition) is 5. The molecule has 0 aromatic heterocycles. The second-order valence-corrected chi connectivity index (χ2v) is 11.3. The van der Waals surface area contributed by atoms with Crippen LogP contribution in [0.5, 0.6) is 5.75 Å². The van der Waals surface area contributed by atoms with Crippen LogP contribution < -0.4 is 9.64 Å². The largest absolute Gasteiger partial charge is 0.487 e. The first kappa shape index (κ1) is 28.9. The molecule has 196 valence electrons. The first-order valence-electron chi connectivity index (χ1n) is 10.8. The third-order valence-corrected chi connectivity index (χ3v) is 8.00. The van der Waals surface area contributed by atoms with Crippen LogP contribution in [0.1, 0.15) is 11.1 Å². The predicted molar refractivity (Wildman–Crippen MR) is 161 cm³/mol. The van der Waals surface area contributed by atoms with Gasteiger partial charge in [-0.05, 0) is 110 Å². The number of anilines is 1. The van der Waals surface area contributed by atoms with Crippen LogP contribution in [-0.2, 0) is 20.9 Å². The Balaban J connectivity index is 1.65. The second kappa shape index (κ2) is 12.4. The van der Waals surface area contributed by atoms with Crippen molar-refractivity contribution >= 4 is 108 Å². The summed E-state index contributed by atoms with van der Waals surface area (Å²) < 4.78 is 12.1. The Hall–Kier alpha value is -2.14. The Kier molecular flexibility index (Phi) is 9.39. The number of nitrogens with zero attached hydrogens (tertiary/aromatic N) is 2. The molecule has 1 amide bonds. The minimum atomic E-state index is -0.544. The summed E-state index contributed by atoms with van der Waals surface area (Å²) in [6, 6.07) is 15.5. The zero-order valence-electron chi connectivity index (χ0n) is 19.5. The minimum Gasteiger partial charge on any atom is -0.487 e. The molecule has 12 heteroatoms. The summed E-state index contributed by atoms with van der Waals surface area (Å²) in [5.41, 5.74) is 2.23. The van der Waals surface area contributed by atoms with Gasteiger partial charge < -0.3 is 14.4 Å². The summed E-state index contributed by atoms with van der Waals surface area (Å²) >= 11 is 30.8. The van der Waals surface area contributed by atoms with E-state index in [-0.39, 0.29) is 24.0 Å². The molecule has 0 atom stereocenters. The summed E-state index contributed by atoms with van der Waals surface area (Å²) in [5, 5.41) is 1.57. The normalized spacial score (nSPS) is 14.4. The van der Waals surface area contributed by atoms with Gasteiger partial charge in [-0.25, -0.2) is 0 Å². The van der Waals surface area contributed by atoms with Gasteiger partial charge >= 0.3 is 5.97 Å². The molecular formula is C26H17Br2Cl3N2O4S. The fourth-order valence-corrected chi connectivity index (χ4v) is 5.84. The monoisotopic (exact) mass is 716 g/mol. The molecule has 0 saturated carbocycles. The van der Waals surface area contributed by atoms with Crippen molar-refractivity contribution < 1.29 is 19.1 Å². The van der Waals surface area contributed by atoms with E-state index in [1.54, 1.807) is 54.6 Å². The maximum Gasteiger partial charge on any atom is 0.325 e. The van der Waals surface area contributed by atoms with Crippen molar-refractivity contribution in [1.82, 2.24) is 4.90 Å². The molecule has 3 aromatic carbocycles. The number of amides is 1. The fourth-order valence-electron chi connectivity index (χ4n) is 3.59. The number of benzene rings is 3. The van der Waals surface area contributed by atoms with Crippen molar-refractivity contribution in [2.75, 3.05) is 18.6 Å². The zero-order chi connectivity index (χ0) is 27.6. The van der Waals surface area contributed by atoms with Crippen molar-refractivity contribution in [3.63, 3.8) is 0 Å². The highest BCUT2D eigenvalue weighted by atomic mass is 79.9. The Morgan fingerprint density at radius 3 is 2.26 bits per heavy atom. The summed E-state index contributed by atoms with van der Waals surface area (Å²) in [6.07, 6.45) is 1.64. The summed E-state index contributed by atoms with van der Waals surface area (Å²) in [6.45, 7) is 0.0222. The average molecular weight is 720 g/mol. The van der Waals surface area contributed by atoms with Crippen molar-refractivity contribution in [2.45, 2.75) is 6.61 Å². The molecule has 3 aromatic rings. The van der Waals surface area contributed by atoms with E-state index in [0.29, 0.717) is 41.0 Å². The third kappa shape index (κ3) is 6.35. The maximum absolute atomic E-state index is 13.5. The Morgan fingerprint density at radius 1 is 1.00 bits per heavy atom. The van der Waals surface area contributed by atoms with Gasteiger partial charge in [0.05, 0.1) is 31.8 Å². The molecule has 6 nitrogen and oxygen atoms in total. The molecule has 0 bridgehead atoms. The number of rotatable bonds is 7. The Labute approximate surface area is 256 Å². The van der Waals surface area contributed by atoms with Gasteiger partial charge in [0.25, 0.3) is 5.91 Å². The average Bonchev–Trinajstić information content (AvgIpc) is 3.10. The van der Waals surface area contributed by atoms with Crippen LogP contribution in [0.4, 0.5) is 5.69 Å². The highest BCUT2D eigenvalue weighted by Crippen LogP contribution is 2.37. The van der Waals surface area contributed by atoms with Gasteiger partial charge in [-0.2, -0.15) is 0 Å². The molecule has 4 rings (SSSR count). The van der Waals surface area contributed by atoms with Crippen LogP contribution in [0.15, 0.2) is 69.2 Å². The van der Waals surface area contributed by atoms with E-state index in [4.69, 9.17) is 56.5 Å². The zero-order valence-corrected chi connectivity index (χ0v) is 25.8. The van der Waals surface area contributed by atoms with Gasteiger partial charge in [0.15, 0.2) is 5.11 Å². The lowest BCUT2D eigenvalue weighted by molar-refractivity contribution is -0.140. The van der Waals surface area contributed by atoms with Gasteiger partial charge in [0.1, 0.15) is 24.6 Å². The number of ether oxygens (including phenoxy) is 2. The Morgan fingerprint density at radius 2 is 1.66 bits per heavy atom. The highest BCUT2D eigenvalue weighted by Gasteiger charge is 2.40. The van der Waals surface area contributed by atoms with Crippen molar-refractivity contribution in [3.8, 4) is 5.75 Å². The van der Waals surface area contributed by atoms with E-state index in [0.717, 1.165) is 5.56 Å². The van der Waals surface area contributed by atoms with E-state index in [2.05, 4.69) is 31.9 Å². The number of halogens is 5. The number of thiocarbonyl (C=S) groups is 1. The molecule has 0 spiro atoms.